The molecule has 0 bridgehead atoms. The molecule has 0 radical (unpaired) electrons. The minimum atomic E-state index is 0.0541. The van der Waals surface area contributed by atoms with Crippen LogP contribution in [0.25, 0.3) is 0 Å². The molecule has 0 saturated heterocycles. The van der Waals surface area contributed by atoms with Gasteiger partial charge in [-0.1, -0.05) is 13.3 Å². The first-order valence-corrected chi connectivity index (χ1v) is 6.36. The predicted octanol–water partition coefficient (Wildman–Crippen LogP) is 1.37. The first kappa shape index (κ1) is 13.8. The number of rotatable bonds is 8. The van der Waals surface area contributed by atoms with E-state index in [0.29, 0.717) is 6.54 Å². The summed E-state index contributed by atoms with van der Waals surface area (Å²) < 4.78 is 0. The quantitative estimate of drug-likeness (QED) is 0.605. The molecule has 0 aromatic rings. The molecule has 0 aliphatic carbocycles. The van der Waals surface area contributed by atoms with Gasteiger partial charge in [0.15, 0.2) is 0 Å². The Balaban J connectivity index is 3.44. The molecular formula is C10H22N2OS. The number of unbranched alkanes of at least 4 members (excludes halogenated alkanes) is 1. The van der Waals surface area contributed by atoms with Crippen LogP contribution in [0.15, 0.2) is 0 Å². The maximum absolute atomic E-state index is 11.4. The van der Waals surface area contributed by atoms with E-state index in [9.17, 15) is 4.79 Å². The lowest BCUT2D eigenvalue weighted by Crippen LogP contribution is -2.31. The minimum absolute atomic E-state index is 0.0541. The van der Waals surface area contributed by atoms with Gasteiger partial charge in [-0.3, -0.25) is 4.79 Å². The van der Waals surface area contributed by atoms with Crippen LogP contribution in [0.3, 0.4) is 0 Å². The Labute approximate surface area is 91.2 Å². The van der Waals surface area contributed by atoms with Crippen molar-refractivity contribution in [2.75, 3.05) is 18.8 Å². The Bertz CT molecular complexity index is 153. The van der Waals surface area contributed by atoms with Crippen LogP contribution in [0, 0.1) is 0 Å². The van der Waals surface area contributed by atoms with Crippen molar-refractivity contribution in [2.45, 2.75) is 38.4 Å². The van der Waals surface area contributed by atoms with E-state index < -0.39 is 0 Å². The third kappa shape index (κ3) is 7.21. The molecule has 0 aromatic carbocycles. The Morgan fingerprint density at radius 3 is 2.79 bits per heavy atom. The van der Waals surface area contributed by atoms with Crippen LogP contribution in [0.2, 0.25) is 0 Å². The molecule has 0 aliphatic heterocycles. The SMILES string of the molecule is CCCCNC(=O)C(C)SCCCN. The number of amides is 1. The lowest BCUT2D eigenvalue weighted by atomic mass is 10.3. The lowest BCUT2D eigenvalue weighted by molar-refractivity contribution is -0.120. The van der Waals surface area contributed by atoms with E-state index in [1.54, 1.807) is 11.8 Å². The molecule has 1 amide bonds. The molecular weight excluding hydrogens is 196 g/mol. The fourth-order valence-corrected chi connectivity index (χ4v) is 1.87. The average molecular weight is 218 g/mol. The van der Waals surface area contributed by atoms with Crippen LogP contribution in [0.4, 0.5) is 0 Å². The zero-order valence-corrected chi connectivity index (χ0v) is 10.0. The second-order valence-electron chi connectivity index (χ2n) is 3.30. The van der Waals surface area contributed by atoms with Crippen LogP contribution >= 0.6 is 11.8 Å². The van der Waals surface area contributed by atoms with Crippen molar-refractivity contribution >= 4 is 17.7 Å². The molecule has 1 unspecified atom stereocenters. The highest BCUT2D eigenvalue weighted by Crippen LogP contribution is 2.11. The summed E-state index contributed by atoms with van der Waals surface area (Å²) in [6.45, 7) is 5.57. The van der Waals surface area contributed by atoms with E-state index in [4.69, 9.17) is 5.73 Å². The standard InChI is InChI=1S/C10H22N2OS/c1-3-4-7-12-10(13)9(2)14-8-5-6-11/h9H,3-8,11H2,1-2H3,(H,12,13). The van der Waals surface area contributed by atoms with Gasteiger partial charge in [-0.15, -0.1) is 11.8 Å². The predicted molar refractivity (Wildman–Crippen MR) is 63.5 cm³/mol. The molecule has 3 nitrogen and oxygen atoms in total. The number of carbonyl (C=O) groups is 1. The van der Waals surface area contributed by atoms with Crippen LogP contribution in [-0.4, -0.2) is 30.0 Å². The highest BCUT2D eigenvalue weighted by atomic mass is 32.2. The second kappa shape index (κ2) is 9.34. The zero-order valence-electron chi connectivity index (χ0n) is 9.21. The first-order chi connectivity index (χ1) is 6.72. The molecule has 14 heavy (non-hydrogen) atoms. The van der Waals surface area contributed by atoms with Gasteiger partial charge in [0.2, 0.25) is 5.91 Å². The minimum Gasteiger partial charge on any atom is -0.355 e. The van der Waals surface area contributed by atoms with Gasteiger partial charge >= 0.3 is 0 Å². The number of nitrogens with one attached hydrogen (secondary N) is 1. The van der Waals surface area contributed by atoms with Crippen molar-refractivity contribution in [1.82, 2.24) is 5.32 Å². The maximum atomic E-state index is 11.4. The Morgan fingerprint density at radius 2 is 2.21 bits per heavy atom. The smallest absolute Gasteiger partial charge is 0.232 e. The largest absolute Gasteiger partial charge is 0.355 e. The lowest BCUT2D eigenvalue weighted by Gasteiger charge is -2.11. The number of hydrogen-bond donors (Lipinski definition) is 2. The highest BCUT2D eigenvalue weighted by Gasteiger charge is 2.11. The monoisotopic (exact) mass is 218 g/mol. The average Bonchev–Trinajstić information content (AvgIpc) is 2.18. The Morgan fingerprint density at radius 1 is 1.50 bits per heavy atom. The van der Waals surface area contributed by atoms with Gasteiger partial charge in [-0.2, -0.15) is 0 Å². The number of carbonyl (C=O) groups excluding carboxylic acids is 1. The zero-order chi connectivity index (χ0) is 10.8. The Hall–Kier alpha value is -0.220. The summed E-state index contributed by atoms with van der Waals surface area (Å²) in [5.41, 5.74) is 5.38. The molecule has 1 atom stereocenters. The topological polar surface area (TPSA) is 55.1 Å². The summed E-state index contributed by atoms with van der Waals surface area (Å²) in [6.07, 6.45) is 3.16. The molecule has 0 aliphatic rings. The molecule has 3 N–H and O–H groups in total. The van der Waals surface area contributed by atoms with Gasteiger partial charge in [0.05, 0.1) is 5.25 Å². The van der Waals surface area contributed by atoms with Crippen LogP contribution in [-0.2, 0) is 4.79 Å². The van der Waals surface area contributed by atoms with Gasteiger partial charge in [-0.05, 0) is 32.1 Å². The van der Waals surface area contributed by atoms with Crippen LogP contribution < -0.4 is 11.1 Å². The van der Waals surface area contributed by atoms with Crippen molar-refractivity contribution in [3.63, 3.8) is 0 Å². The van der Waals surface area contributed by atoms with E-state index in [0.717, 1.165) is 31.6 Å². The van der Waals surface area contributed by atoms with E-state index in [2.05, 4.69) is 12.2 Å². The van der Waals surface area contributed by atoms with E-state index in [1.165, 1.54) is 0 Å². The van der Waals surface area contributed by atoms with Crippen molar-refractivity contribution in [3.8, 4) is 0 Å². The summed E-state index contributed by atoms with van der Waals surface area (Å²) in [5.74, 6) is 1.12. The van der Waals surface area contributed by atoms with Gasteiger partial charge in [-0.25, -0.2) is 0 Å². The van der Waals surface area contributed by atoms with E-state index >= 15 is 0 Å². The normalized spacial score (nSPS) is 12.5. The fourth-order valence-electron chi connectivity index (χ4n) is 0.951. The fraction of sp³-hybridized carbons (Fsp3) is 0.900. The van der Waals surface area contributed by atoms with E-state index in [1.807, 2.05) is 6.92 Å². The molecule has 0 fully saturated rings. The number of hydrogen-bond acceptors (Lipinski definition) is 3. The Kier molecular flexibility index (Phi) is 9.19. The second-order valence-corrected chi connectivity index (χ2v) is 4.75. The van der Waals surface area contributed by atoms with Crippen molar-refractivity contribution in [2.24, 2.45) is 5.73 Å². The van der Waals surface area contributed by atoms with Crippen LogP contribution in [0.1, 0.15) is 33.1 Å². The van der Waals surface area contributed by atoms with E-state index in [-0.39, 0.29) is 11.2 Å². The first-order valence-electron chi connectivity index (χ1n) is 5.31. The molecule has 0 heterocycles. The number of thioether (sulfide) groups is 1. The van der Waals surface area contributed by atoms with Gasteiger partial charge in [0.25, 0.3) is 0 Å². The summed E-state index contributed by atoms with van der Waals surface area (Å²) >= 11 is 1.68. The molecule has 0 rings (SSSR count). The van der Waals surface area contributed by atoms with Gasteiger partial charge in [0.1, 0.15) is 0 Å². The highest BCUT2D eigenvalue weighted by molar-refractivity contribution is 8.00. The maximum Gasteiger partial charge on any atom is 0.232 e. The van der Waals surface area contributed by atoms with Gasteiger partial charge in [0, 0.05) is 6.54 Å². The summed E-state index contributed by atoms with van der Waals surface area (Å²) in [6, 6.07) is 0. The molecule has 0 aromatic heterocycles. The van der Waals surface area contributed by atoms with Crippen molar-refractivity contribution in [3.05, 3.63) is 0 Å². The molecule has 4 heteroatoms. The van der Waals surface area contributed by atoms with Crippen molar-refractivity contribution in [1.29, 1.82) is 0 Å². The summed E-state index contributed by atoms with van der Waals surface area (Å²) in [7, 11) is 0. The molecule has 0 spiro atoms. The number of nitrogens with two attached hydrogens (primary N) is 1. The van der Waals surface area contributed by atoms with Gasteiger partial charge < -0.3 is 11.1 Å². The summed E-state index contributed by atoms with van der Waals surface area (Å²) in [5, 5.41) is 2.97. The summed E-state index contributed by atoms with van der Waals surface area (Å²) in [4.78, 5) is 11.4. The van der Waals surface area contributed by atoms with Crippen LogP contribution in [0.5, 0.6) is 0 Å². The third-order valence-electron chi connectivity index (χ3n) is 1.92. The third-order valence-corrected chi connectivity index (χ3v) is 3.15. The van der Waals surface area contributed by atoms with Crippen molar-refractivity contribution < 1.29 is 4.79 Å². The molecule has 84 valence electrons. The molecule has 0 saturated carbocycles.